The Labute approximate surface area is 89.6 Å². The first-order valence-electron chi connectivity index (χ1n) is 5.61. The molecule has 2 fully saturated rings. The van der Waals surface area contributed by atoms with Gasteiger partial charge in [-0.1, -0.05) is 6.92 Å². The predicted octanol–water partition coefficient (Wildman–Crippen LogP) is 0.603. The third kappa shape index (κ3) is 2.20. The average Bonchev–Trinajstić information content (AvgIpc) is 2.74. The van der Waals surface area contributed by atoms with Crippen molar-refractivity contribution in [2.24, 2.45) is 5.92 Å². The maximum Gasteiger partial charge on any atom is 0.251 e. The largest absolute Gasteiger partial charge is 0.368 e. The van der Waals surface area contributed by atoms with Gasteiger partial charge in [0, 0.05) is 32.0 Å². The van der Waals surface area contributed by atoms with E-state index in [9.17, 15) is 9.59 Å². The summed E-state index contributed by atoms with van der Waals surface area (Å²) in [4.78, 5) is 25.0. The van der Waals surface area contributed by atoms with Crippen molar-refractivity contribution in [1.29, 1.82) is 0 Å². The first kappa shape index (κ1) is 10.6. The van der Waals surface area contributed by atoms with Gasteiger partial charge in [-0.15, -0.1) is 0 Å². The molecule has 0 bridgehead atoms. The van der Waals surface area contributed by atoms with Crippen molar-refractivity contribution in [2.45, 2.75) is 32.3 Å². The molecule has 2 rings (SSSR count). The Morgan fingerprint density at radius 2 is 2.33 bits per heavy atom. The third-order valence-corrected chi connectivity index (χ3v) is 3.19. The van der Waals surface area contributed by atoms with E-state index >= 15 is 0 Å². The van der Waals surface area contributed by atoms with Crippen molar-refractivity contribution < 1.29 is 14.3 Å². The molecule has 84 valence electrons. The van der Waals surface area contributed by atoms with E-state index in [1.165, 1.54) is 0 Å². The van der Waals surface area contributed by atoms with Crippen LogP contribution < -0.4 is 0 Å². The average molecular weight is 211 g/mol. The van der Waals surface area contributed by atoms with Gasteiger partial charge in [0.15, 0.2) is 0 Å². The van der Waals surface area contributed by atoms with Gasteiger partial charge in [0.1, 0.15) is 11.9 Å². The van der Waals surface area contributed by atoms with Crippen LogP contribution in [0.5, 0.6) is 0 Å². The first-order chi connectivity index (χ1) is 7.18. The minimum Gasteiger partial charge on any atom is -0.368 e. The SMILES string of the molecule is CC1CN(C(=O)C2CCCO2)CCC1=O. The molecular formula is C11H17NO3. The molecule has 2 heterocycles. The van der Waals surface area contributed by atoms with Gasteiger partial charge in [-0.3, -0.25) is 9.59 Å². The Bertz CT molecular complexity index is 271. The van der Waals surface area contributed by atoms with Crippen LogP contribution in [0.4, 0.5) is 0 Å². The van der Waals surface area contributed by atoms with Crippen molar-refractivity contribution in [2.75, 3.05) is 19.7 Å². The van der Waals surface area contributed by atoms with Gasteiger partial charge >= 0.3 is 0 Å². The van der Waals surface area contributed by atoms with Gasteiger partial charge in [0.25, 0.3) is 5.91 Å². The van der Waals surface area contributed by atoms with Crippen LogP contribution in [0.15, 0.2) is 0 Å². The predicted molar refractivity (Wildman–Crippen MR) is 54.3 cm³/mol. The summed E-state index contributed by atoms with van der Waals surface area (Å²) >= 11 is 0. The molecule has 2 aliphatic rings. The lowest BCUT2D eigenvalue weighted by molar-refractivity contribution is -0.144. The van der Waals surface area contributed by atoms with Gasteiger partial charge in [-0.05, 0) is 12.8 Å². The summed E-state index contributed by atoms with van der Waals surface area (Å²) in [7, 11) is 0. The molecule has 2 saturated heterocycles. The normalized spacial score (nSPS) is 32.1. The molecule has 0 aromatic carbocycles. The van der Waals surface area contributed by atoms with Crippen LogP contribution in [0.25, 0.3) is 0 Å². The monoisotopic (exact) mass is 211 g/mol. The van der Waals surface area contributed by atoms with E-state index in [0.29, 0.717) is 26.1 Å². The van der Waals surface area contributed by atoms with Crippen LogP contribution in [-0.2, 0) is 14.3 Å². The number of ether oxygens (including phenoxy) is 1. The zero-order valence-corrected chi connectivity index (χ0v) is 9.07. The molecule has 15 heavy (non-hydrogen) atoms. The number of ketones is 1. The lowest BCUT2D eigenvalue weighted by Crippen LogP contribution is -2.47. The Morgan fingerprint density at radius 3 is 2.93 bits per heavy atom. The second kappa shape index (κ2) is 4.31. The van der Waals surface area contributed by atoms with E-state index in [4.69, 9.17) is 4.74 Å². The minimum atomic E-state index is -0.245. The van der Waals surface area contributed by atoms with Gasteiger partial charge in [-0.2, -0.15) is 0 Å². The second-order valence-corrected chi connectivity index (χ2v) is 4.40. The van der Waals surface area contributed by atoms with Crippen LogP contribution in [0, 0.1) is 5.92 Å². The highest BCUT2D eigenvalue weighted by molar-refractivity contribution is 5.86. The van der Waals surface area contributed by atoms with Crippen LogP contribution in [0.3, 0.4) is 0 Å². The number of likely N-dealkylation sites (tertiary alicyclic amines) is 1. The molecule has 0 radical (unpaired) electrons. The second-order valence-electron chi connectivity index (χ2n) is 4.40. The maximum atomic E-state index is 11.9. The molecule has 4 nitrogen and oxygen atoms in total. The number of Topliss-reactive ketones (excluding diaryl/α,β-unsaturated/α-hetero) is 1. The quantitative estimate of drug-likeness (QED) is 0.638. The number of carbonyl (C=O) groups excluding carboxylic acids is 2. The number of piperidine rings is 1. The molecule has 2 atom stereocenters. The lowest BCUT2D eigenvalue weighted by Gasteiger charge is -2.31. The van der Waals surface area contributed by atoms with E-state index in [1.807, 2.05) is 6.92 Å². The number of amides is 1. The Hall–Kier alpha value is -0.900. The van der Waals surface area contributed by atoms with Crippen LogP contribution in [-0.4, -0.2) is 42.4 Å². The number of carbonyl (C=O) groups is 2. The standard InChI is InChI=1S/C11H17NO3/c1-8-7-12(5-4-9(8)13)11(14)10-3-2-6-15-10/h8,10H,2-7H2,1H3. The summed E-state index contributed by atoms with van der Waals surface area (Å²) in [6.07, 6.45) is 2.06. The molecule has 1 amide bonds. The zero-order chi connectivity index (χ0) is 10.8. The minimum absolute atomic E-state index is 0.0101. The molecule has 0 N–H and O–H groups in total. The summed E-state index contributed by atoms with van der Waals surface area (Å²) in [5.74, 6) is 0.336. The third-order valence-electron chi connectivity index (χ3n) is 3.19. The van der Waals surface area contributed by atoms with Crippen molar-refractivity contribution in [1.82, 2.24) is 4.90 Å². The van der Waals surface area contributed by atoms with Gasteiger partial charge in [0.2, 0.25) is 0 Å². The summed E-state index contributed by atoms with van der Waals surface area (Å²) in [5.41, 5.74) is 0. The fraction of sp³-hybridized carbons (Fsp3) is 0.818. The van der Waals surface area contributed by atoms with Crippen molar-refractivity contribution in [3.63, 3.8) is 0 Å². The van der Waals surface area contributed by atoms with Crippen LogP contribution >= 0.6 is 0 Å². The number of hydrogen-bond acceptors (Lipinski definition) is 3. The first-order valence-corrected chi connectivity index (χ1v) is 5.61. The van der Waals surface area contributed by atoms with Crippen LogP contribution in [0.1, 0.15) is 26.2 Å². The summed E-state index contributed by atoms with van der Waals surface area (Å²) in [6.45, 7) is 3.72. The zero-order valence-electron chi connectivity index (χ0n) is 9.07. The molecule has 4 heteroatoms. The van der Waals surface area contributed by atoms with Gasteiger partial charge in [-0.25, -0.2) is 0 Å². The molecule has 2 unspecified atom stereocenters. The highest BCUT2D eigenvalue weighted by atomic mass is 16.5. The van der Waals surface area contributed by atoms with Crippen molar-refractivity contribution >= 4 is 11.7 Å². The van der Waals surface area contributed by atoms with Gasteiger partial charge < -0.3 is 9.64 Å². The van der Waals surface area contributed by atoms with Gasteiger partial charge in [0.05, 0.1) is 0 Å². The molecular weight excluding hydrogens is 194 g/mol. The van der Waals surface area contributed by atoms with Crippen molar-refractivity contribution in [3.05, 3.63) is 0 Å². The summed E-state index contributed by atoms with van der Waals surface area (Å²) in [6, 6.07) is 0. The summed E-state index contributed by atoms with van der Waals surface area (Å²) in [5, 5.41) is 0. The molecule has 0 saturated carbocycles. The Morgan fingerprint density at radius 1 is 1.53 bits per heavy atom. The van der Waals surface area contributed by atoms with Crippen molar-refractivity contribution in [3.8, 4) is 0 Å². The topological polar surface area (TPSA) is 46.6 Å². The molecule has 2 aliphatic heterocycles. The van der Waals surface area contributed by atoms with E-state index in [1.54, 1.807) is 4.90 Å². The smallest absolute Gasteiger partial charge is 0.251 e. The Balaban J connectivity index is 1.93. The fourth-order valence-electron chi connectivity index (χ4n) is 2.19. The highest BCUT2D eigenvalue weighted by Crippen LogP contribution is 2.18. The van der Waals surface area contributed by atoms with E-state index < -0.39 is 0 Å². The number of rotatable bonds is 1. The number of hydrogen-bond donors (Lipinski definition) is 0. The number of nitrogens with zero attached hydrogens (tertiary/aromatic N) is 1. The van der Waals surface area contributed by atoms with E-state index in [0.717, 1.165) is 12.8 Å². The van der Waals surface area contributed by atoms with Crippen LogP contribution in [0.2, 0.25) is 0 Å². The molecule has 0 aromatic heterocycles. The molecule has 0 spiro atoms. The van der Waals surface area contributed by atoms with E-state index in [-0.39, 0.29) is 23.7 Å². The molecule has 0 aliphatic carbocycles. The lowest BCUT2D eigenvalue weighted by atomic mass is 9.98. The maximum absolute atomic E-state index is 11.9. The van der Waals surface area contributed by atoms with E-state index in [2.05, 4.69) is 0 Å². The fourth-order valence-corrected chi connectivity index (χ4v) is 2.19. The Kier molecular flexibility index (Phi) is 3.05. The molecule has 0 aromatic rings. The highest BCUT2D eigenvalue weighted by Gasteiger charge is 2.32. The summed E-state index contributed by atoms with van der Waals surface area (Å²) < 4.78 is 5.35.